The second-order valence-electron chi connectivity index (χ2n) is 6.45. The van der Waals surface area contributed by atoms with Crippen LogP contribution in [-0.2, 0) is 19.1 Å². The van der Waals surface area contributed by atoms with Crippen LogP contribution in [0.5, 0.6) is 0 Å². The van der Waals surface area contributed by atoms with Crippen molar-refractivity contribution in [3.8, 4) is 0 Å². The van der Waals surface area contributed by atoms with Crippen molar-refractivity contribution in [2.24, 2.45) is 0 Å². The lowest BCUT2D eigenvalue weighted by Gasteiger charge is -2.16. The molecule has 1 atom stereocenters. The summed E-state index contributed by atoms with van der Waals surface area (Å²) in [5.74, 6) is -1.44. The van der Waals surface area contributed by atoms with E-state index in [2.05, 4.69) is 10.1 Å². The van der Waals surface area contributed by atoms with E-state index in [1.54, 1.807) is 12.1 Å². The average molecular weight is 436 g/mol. The maximum atomic E-state index is 12.8. The third-order valence-electron chi connectivity index (χ3n) is 4.25. The van der Waals surface area contributed by atoms with Gasteiger partial charge >= 0.3 is 11.9 Å². The molecule has 1 N–H and O–H groups in total. The zero-order valence-corrected chi connectivity index (χ0v) is 17.6. The fourth-order valence-corrected chi connectivity index (χ4v) is 3.78. The highest BCUT2D eigenvalue weighted by Gasteiger charge is 2.24. The van der Waals surface area contributed by atoms with Crippen LogP contribution in [0.2, 0.25) is 0 Å². The van der Waals surface area contributed by atoms with Crippen molar-refractivity contribution in [1.29, 1.82) is 0 Å². The Labute approximate surface area is 184 Å². The number of carbonyl (C=O) groups excluding carboxylic acids is 3. The Kier molecular flexibility index (Phi) is 7.84. The minimum Gasteiger partial charge on any atom is -0.465 e. The standard InChI is InChI=1S/C24H21NO5S/c1-29-23(27)18-12-14-19(15-13-18)25-21(26)16-30-24(28)22(17-8-4-2-5-9-17)31-20-10-6-3-7-11-20/h2-15,22H,16H2,1H3,(H,25,26)/t22-/m0/s1. The number of amides is 1. The molecule has 3 aromatic rings. The third-order valence-corrected chi connectivity index (χ3v) is 5.49. The molecule has 0 fully saturated rings. The summed E-state index contributed by atoms with van der Waals surface area (Å²) >= 11 is 1.36. The van der Waals surface area contributed by atoms with Crippen LogP contribution in [-0.4, -0.2) is 31.6 Å². The Hall–Kier alpha value is -3.58. The Morgan fingerprint density at radius 3 is 2.10 bits per heavy atom. The molecule has 0 bridgehead atoms. The first kappa shape index (κ1) is 22.1. The summed E-state index contributed by atoms with van der Waals surface area (Å²) in [6.45, 7) is -0.420. The Morgan fingerprint density at radius 2 is 1.48 bits per heavy atom. The highest BCUT2D eigenvalue weighted by molar-refractivity contribution is 8.00. The molecule has 0 heterocycles. The second-order valence-corrected chi connectivity index (χ2v) is 7.62. The van der Waals surface area contributed by atoms with E-state index >= 15 is 0 Å². The van der Waals surface area contributed by atoms with Crippen LogP contribution < -0.4 is 5.32 Å². The van der Waals surface area contributed by atoms with Crippen LogP contribution in [0.1, 0.15) is 21.2 Å². The average Bonchev–Trinajstić information content (AvgIpc) is 2.82. The van der Waals surface area contributed by atoms with E-state index in [1.165, 1.54) is 31.0 Å². The van der Waals surface area contributed by atoms with Crippen molar-refractivity contribution in [2.45, 2.75) is 10.1 Å². The number of carbonyl (C=O) groups is 3. The fourth-order valence-electron chi connectivity index (χ4n) is 2.73. The molecule has 0 aliphatic rings. The van der Waals surface area contributed by atoms with E-state index in [0.717, 1.165) is 10.5 Å². The highest BCUT2D eigenvalue weighted by atomic mass is 32.2. The van der Waals surface area contributed by atoms with Gasteiger partial charge in [0.1, 0.15) is 5.25 Å². The van der Waals surface area contributed by atoms with Gasteiger partial charge in [0, 0.05) is 10.6 Å². The molecule has 3 rings (SSSR count). The van der Waals surface area contributed by atoms with Crippen molar-refractivity contribution >= 4 is 35.3 Å². The molecule has 0 aliphatic carbocycles. The van der Waals surface area contributed by atoms with Crippen molar-refractivity contribution in [1.82, 2.24) is 0 Å². The van der Waals surface area contributed by atoms with Crippen molar-refractivity contribution in [3.05, 3.63) is 96.1 Å². The van der Waals surface area contributed by atoms with Crippen molar-refractivity contribution < 1.29 is 23.9 Å². The van der Waals surface area contributed by atoms with Crippen LogP contribution in [0.25, 0.3) is 0 Å². The third kappa shape index (κ3) is 6.45. The van der Waals surface area contributed by atoms with Crippen LogP contribution >= 0.6 is 11.8 Å². The lowest BCUT2D eigenvalue weighted by molar-refractivity contribution is -0.146. The van der Waals surface area contributed by atoms with Gasteiger partial charge in [-0.1, -0.05) is 48.5 Å². The van der Waals surface area contributed by atoms with Crippen LogP contribution in [0, 0.1) is 0 Å². The fraction of sp³-hybridized carbons (Fsp3) is 0.125. The summed E-state index contributed by atoms with van der Waals surface area (Å²) in [4.78, 5) is 37.4. The molecular formula is C24H21NO5S. The predicted octanol–water partition coefficient (Wildman–Crippen LogP) is 4.49. The van der Waals surface area contributed by atoms with Crippen LogP contribution in [0.4, 0.5) is 5.69 Å². The molecule has 158 valence electrons. The molecule has 6 nitrogen and oxygen atoms in total. The summed E-state index contributed by atoms with van der Waals surface area (Å²) in [6.07, 6.45) is 0. The molecule has 7 heteroatoms. The molecule has 0 aliphatic heterocycles. The molecule has 0 unspecified atom stereocenters. The van der Waals surface area contributed by atoms with Gasteiger partial charge in [-0.25, -0.2) is 4.79 Å². The first-order chi connectivity index (χ1) is 15.1. The highest BCUT2D eigenvalue weighted by Crippen LogP contribution is 2.36. The molecule has 3 aromatic carbocycles. The number of benzene rings is 3. The number of nitrogens with one attached hydrogen (secondary N) is 1. The van der Waals surface area contributed by atoms with E-state index in [9.17, 15) is 14.4 Å². The zero-order chi connectivity index (χ0) is 22.1. The molecule has 1 amide bonds. The van der Waals surface area contributed by atoms with Crippen LogP contribution in [0.3, 0.4) is 0 Å². The van der Waals surface area contributed by atoms with Gasteiger partial charge in [-0.2, -0.15) is 0 Å². The summed E-state index contributed by atoms with van der Waals surface area (Å²) in [6, 6.07) is 25.0. The van der Waals surface area contributed by atoms with Gasteiger partial charge in [0.15, 0.2) is 6.61 Å². The van der Waals surface area contributed by atoms with Crippen LogP contribution in [0.15, 0.2) is 89.8 Å². The molecule has 0 saturated carbocycles. The smallest absolute Gasteiger partial charge is 0.337 e. The molecule has 0 aromatic heterocycles. The largest absolute Gasteiger partial charge is 0.465 e. The van der Waals surface area contributed by atoms with E-state index in [-0.39, 0.29) is 0 Å². The van der Waals surface area contributed by atoms with E-state index in [0.29, 0.717) is 11.3 Å². The quantitative estimate of drug-likeness (QED) is 0.415. The number of esters is 2. The van der Waals surface area contributed by atoms with Gasteiger partial charge < -0.3 is 14.8 Å². The Bertz CT molecular complexity index is 1020. The molecule has 0 saturated heterocycles. The number of hydrogen-bond donors (Lipinski definition) is 1. The Balaban J connectivity index is 1.61. The summed E-state index contributed by atoms with van der Waals surface area (Å²) in [5.41, 5.74) is 1.64. The minimum atomic E-state index is -0.601. The number of thioether (sulfide) groups is 1. The van der Waals surface area contributed by atoms with Crippen molar-refractivity contribution in [2.75, 3.05) is 19.0 Å². The number of hydrogen-bond acceptors (Lipinski definition) is 6. The van der Waals surface area contributed by atoms with Gasteiger partial charge in [0.05, 0.1) is 12.7 Å². The predicted molar refractivity (Wildman–Crippen MR) is 119 cm³/mol. The number of rotatable bonds is 8. The molecular weight excluding hydrogens is 414 g/mol. The topological polar surface area (TPSA) is 81.7 Å². The first-order valence-electron chi connectivity index (χ1n) is 9.48. The molecule has 31 heavy (non-hydrogen) atoms. The van der Waals surface area contributed by atoms with Gasteiger partial charge in [-0.15, -0.1) is 11.8 Å². The lowest BCUT2D eigenvalue weighted by Crippen LogP contribution is -2.23. The zero-order valence-electron chi connectivity index (χ0n) is 16.8. The van der Waals surface area contributed by atoms with Gasteiger partial charge in [-0.05, 0) is 42.0 Å². The van der Waals surface area contributed by atoms with Gasteiger partial charge in [0.25, 0.3) is 5.91 Å². The number of methoxy groups -OCH3 is 1. The lowest BCUT2D eigenvalue weighted by atomic mass is 10.1. The summed E-state index contributed by atoms with van der Waals surface area (Å²) < 4.78 is 9.94. The maximum absolute atomic E-state index is 12.8. The number of anilines is 1. The first-order valence-corrected chi connectivity index (χ1v) is 10.4. The normalized spacial score (nSPS) is 11.3. The monoisotopic (exact) mass is 435 g/mol. The van der Waals surface area contributed by atoms with Crippen molar-refractivity contribution in [3.63, 3.8) is 0 Å². The second kappa shape index (κ2) is 11.0. The molecule has 0 spiro atoms. The minimum absolute atomic E-state index is 0.371. The van der Waals surface area contributed by atoms with E-state index < -0.39 is 29.7 Å². The van der Waals surface area contributed by atoms with Gasteiger partial charge in [-0.3, -0.25) is 9.59 Å². The summed E-state index contributed by atoms with van der Waals surface area (Å²) in [7, 11) is 1.30. The van der Waals surface area contributed by atoms with E-state index in [1.807, 2.05) is 60.7 Å². The number of ether oxygens (including phenoxy) is 2. The van der Waals surface area contributed by atoms with E-state index in [4.69, 9.17) is 4.74 Å². The molecule has 0 radical (unpaired) electrons. The summed E-state index contributed by atoms with van der Waals surface area (Å²) in [5, 5.41) is 2.03. The van der Waals surface area contributed by atoms with Gasteiger partial charge in [0.2, 0.25) is 0 Å². The SMILES string of the molecule is COC(=O)c1ccc(NC(=O)COC(=O)[C@@H](Sc2ccccc2)c2ccccc2)cc1. The Morgan fingerprint density at radius 1 is 0.871 bits per heavy atom. The maximum Gasteiger partial charge on any atom is 0.337 e.